The van der Waals surface area contributed by atoms with E-state index in [2.05, 4.69) is 16.0 Å². The number of hydrogen-bond acceptors (Lipinski definition) is 5. The largest absolute Gasteiger partial charge is 0.486 e. The number of hydrogen-bond donors (Lipinski definition) is 1. The molecule has 0 unspecified atom stereocenters. The third-order valence-corrected chi connectivity index (χ3v) is 2.49. The van der Waals surface area contributed by atoms with Crippen molar-refractivity contribution in [2.75, 3.05) is 5.73 Å². The fraction of sp³-hybridized carbons (Fsp3) is 0.214. The predicted molar refractivity (Wildman–Crippen MR) is 71.3 cm³/mol. The second kappa shape index (κ2) is 5.83. The number of aryl methyl sites for hydroxylation is 1. The number of rotatable bonds is 4. The van der Waals surface area contributed by atoms with E-state index in [1.54, 1.807) is 6.07 Å². The SMILES string of the molecule is Cc1cc(N)nc(COc2ccc(CC#N)cc2)n1. The van der Waals surface area contributed by atoms with E-state index < -0.39 is 0 Å². The van der Waals surface area contributed by atoms with Crippen LogP contribution in [-0.4, -0.2) is 9.97 Å². The van der Waals surface area contributed by atoms with Gasteiger partial charge in [-0.05, 0) is 24.6 Å². The standard InChI is InChI=1S/C14H14N4O/c1-10-8-13(16)18-14(17-10)9-19-12-4-2-11(3-5-12)6-7-15/h2-5,8H,6,9H2,1H3,(H2,16,17,18). The van der Waals surface area contributed by atoms with Crippen molar-refractivity contribution in [1.29, 1.82) is 5.26 Å². The first-order valence-electron chi connectivity index (χ1n) is 5.86. The van der Waals surface area contributed by atoms with Crippen LogP contribution in [0.25, 0.3) is 0 Å². The van der Waals surface area contributed by atoms with Crippen LogP contribution in [0.15, 0.2) is 30.3 Å². The van der Waals surface area contributed by atoms with Crippen molar-refractivity contribution >= 4 is 5.82 Å². The van der Waals surface area contributed by atoms with Crippen LogP contribution in [0.4, 0.5) is 5.82 Å². The fourth-order valence-electron chi connectivity index (χ4n) is 1.66. The van der Waals surface area contributed by atoms with Crippen LogP contribution in [0.5, 0.6) is 5.75 Å². The average molecular weight is 254 g/mol. The first-order valence-corrected chi connectivity index (χ1v) is 5.86. The fourth-order valence-corrected chi connectivity index (χ4v) is 1.66. The Morgan fingerprint density at radius 2 is 2.00 bits per heavy atom. The summed E-state index contributed by atoms with van der Waals surface area (Å²) in [7, 11) is 0. The molecule has 0 bridgehead atoms. The molecule has 0 atom stereocenters. The third kappa shape index (κ3) is 3.68. The van der Waals surface area contributed by atoms with E-state index in [1.165, 1.54) is 0 Å². The molecule has 0 aliphatic carbocycles. The first kappa shape index (κ1) is 12.8. The average Bonchev–Trinajstić information content (AvgIpc) is 2.37. The van der Waals surface area contributed by atoms with E-state index in [1.807, 2.05) is 31.2 Å². The zero-order chi connectivity index (χ0) is 13.7. The molecule has 0 spiro atoms. The monoisotopic (exact) mass is 254 g/mol. The predicted octanol–water partition coefficient (Wildman–Crippen LogP) is 2.01. The van der Waals surface area contributed by atoms with E-state index >= 15 is 0 Å². The molecule has 1 aromatic heterocycles. The molecule has 0 saturated heterocycles. The Balaban J connectivity index is 2.00. The highest BCUT2D eigenvalue weighted by Crippen LogP contribution is 2.14. The van der Waals surface area contributed by atoms with Crippen molar-refractivity contribution in [2.24, 2.45) is 0 Å². The Kier molecular flexibility index (Phi) is 3.94. The zero-order valence-corrected chi connectivity index (χ0v) is 10.6. The van der Waals surface area contributed by atoms with Crippen LogP contribution in [0.3, 0.4) is 0 Å². The van der Waals surface area contributed by atoms with Crippen LogP contribution < -0.4 is 10.5 Å². The van der Waals surface area contributed by atoms with Gasteiger partial charge in [0.2, 0.25) is 0 Å². The summed E-state index contributed by atoms with van der Waals surface area (Å²) >= 11 is 0. The molecule has 0 amide bonds. The topological polar surface area (TPSA) is 84.8 Å². The summed E-state index contributed by atoms with van der Waals surface area (Å²) in [4.78, 5) is 8.33. The normalized spacial score (nSPS) is 9.89. The maximum Gasteiger partial charge on any atom is 0.168 e. The summed E-state index contributed by atoms with van der Waals surface area (Å²) in [5.41, 5.74) is 7.42. The van der Waals surface area contributed by atoms with Crippen molar-refractivity contribution < 1.29 is 4.74 Å². The first-order chi connectivity index (χ1) is 9.17. The van der Waals surface area contributed by atoms with Crippen LogP contribution in [0.2, 0.25) is 0 Å². The Morgan fingerprint density at radius 3 is 2.63 bits per heavy atom. The second-order valence-electron chi connectivity index (χ2n) is 4.12. The molecular weight excluding hydrogens is 240 g/mol. The molecule has 1 heterocycles. The van der Waals surface area contributed by atoms with Gasteiger partial charge in [-0.1, -0.05) is 12.1 Å². The van der Waals surface area contributed by atoms with E-state index in [0.29, 0.717) is 23.8 Å². The highest BCUT2D eigenvalue weighted by molar-refractivity contribution is 5.30. The van der Waals surface area contributed by atoms with Crippen molar-refractivity contribution in [2.45, 2.75) is 20.0 Å². The number of anilines is 1. The lowest BCUT2D eigenvalue weighted by molar-refractivity contribution is 0.295. The van der Waals surface area contributed by atoms with Crippen LogP contribution in [-0.2, 0) is 13.0 Å². The van der Waals surface area contributed by atoms with Gasteiger partial charge in [0.1, 0.15) is 18.2 Å². The smallest absolute Gasteiger partial charge is 0.168 e. The van der Waals surface area contributed by atoms with Gasteiger partial charge >= 0.3 is 0 Å². The number of benzene rings is 1. The number of ether oxygens (including phenoxy) is 1. The molecule has 0 aliphatic heterocycles. The number of nitrogen functional groups attached to an aromatic ring is 1. The molecule has 19 heavy (non-hydrogen) atoms. The van der Waals surface area contributed by atoms with Gasteiger partial charge in [-0.25, -0.2) is 9.97 Å². The van der Waals surface area contributed by atoms with E-state index in [0.717, 1.165) is 11.3 Å². The van der Waals surface area contributed by atoms with Crippen LogP contribution >= 0.6 is 0 Å². The summed E-state index contributed by atoms with van der Waals surface area (Å²) in [6.45, 7) is 2.13. The minimum Gasteiger partial charge on any atom is -0.486 e. The Bertz CT molecular complexity index is 582. The molecule has 0 radical (unpaired) electrons. The van der Waals surface area contributed by atoms with Gasteiger partial charge in [-0.3, -0.25) is 0 Å². The van der Waals surface area contributed by atoms with Gasteiger partial charge < -0.3 is 10.5 Å². The summed E-state index contributed by atoms with van der Waals surface area (Å²) in [5.74, 6) is 1.71. The Morgan fingerprint density at radius 1 is 1.26 bits per heavy atom. The second-order valence-corrected chi connectivity index (χ2v) is 4.12. The summed E-state index contributed by atoms with van der Waals surface area (Å²) in [6.07, 6.45) is 0.401. The molecule has 0 aliphatic rings. The zero-order valence-electron chi connectivity index (χ0n) is 10.6. The quantitative estimate of drug-likeness (QED) is 0.902. The molecule has 2 N–H and O–H groups in total. The molecule has 0 fully saturated rings. The Labute approximate surface area is 111 Å². The van der Waals surface area contributed by atoms with Gasteiger partial charge in [-0.15, -0.1) is 0 Å². The van der Waals surface area contributed by atoms with E-state index in [9.17, 15) is 0 Å². The lowest BCUT2D eigenvalue weighted by Gasteiger charge is -2.06. The number of nitrogens with two attached hydrogens (primary N) is 1. The maximum absolute atomic E-state index is 8.58. The molecular formula is C14H14N4O. The highest BCUT2D eigenvalue weighted by Gasteiger charge is 2.02. The van der Waals surface area contributed by atoms with Gasteiger partial charge in [0, 0.05) is 11.8 Å². The molecule has 5 nitrogen and oxygen atoms in total. The minimum atomic E-state index is 0.267. The van der Waals surface area contributed by atoms with Crippen molar-refractivity contribution in [3.63, 3.8) is 0 Å². The number of nitrogens with zero attached hydrogens (tertiary/aromatic N) is 3. The molecule has 0 saturated carbocycles. The molecule has 5 heteroatoms. The molecule has 1 aromatic carbocycles. The lowest BCUT2D eigenvalue weighted by Crippen LogP contribution is -2.05. The van der Waals surface area contributed by atoms with Crippen LogP contribution in [0, 0.1) is 18.3 Å². The third-order valence-electron chi connectivity index (χ3n) is 2.49. The van der Waals surface area contributed by atoms with Gasteiger partial charge in [0.05, 0.1) is 12.5 Å². The van der Waals surface area contributed by atoms with Crippen molar-refractivity contribution in [1.82, 2.24) is 9.97 Å². The molecule has 2 aromatic rings. The number of aromatic nitrogens is 2. The maximum atomic E-state index is 8.58. The summed E-state index contributed by atoms with van der Waals surface area (Å²) < 4.78 is 5.57. The van der Waals surface area contributed by atoms with E-state index in [4.69, 9.17) is 15.7 Å². The summed E-state index contributed by atoms with van der Waals surface area (Å²) in [6, 6.07) is 11.2. The Hall–Kier alpha value is -2.61. The van der Waals surface area contributed by atoms with Crippen LogP contribution in [0.1, 0.15) is 17.1 Å². The van der Waals surface area contributed by atoms with Gasteiger partial charge in [0.25, 0.3) is 0 Å². The van der Waals surface area contributed by atoms with Gasteiger partial charge in [0.15, 0.2) is 5.82 Å². The van der Waals surface area contributed by atoms with E-state index in [-0.39, 0.29) is 6.61 Å². The minimum absolute atomic E-state index is 0.267. The highest BCUT2D eigenvalue weighted by atomic mass is 16.5. The lowest BCUT2D eigenvalue weighted by atomic mass is 10.2. The summed E-state index contributed by atoms with van der Waals surface area (Å²) in [5, 5.41) is 8.58. The van der Waals surface area contributed by atoms with Crippen molar-refractivity contribution in [3.8, 4) is 11.8 Å². The number of nitriles is 1. The van der Waals surface area contributed by atoms with Gasteiger partial charge in [-0.2, -0.15) is 5.26 Å². The molecule has 2 rings (SSSR count). The molecule has 96 valence electrons. The van der Waals surface area contributed by atoms with Crippen molar-refractivity contribution in [3.05, 3.63) is 47.4 Å².